The number of hydrogen-bond acceptors (Lipinski definition) is 7. The lowest BCUT2D eigenvalue weighted by atomic mass is 10.1. The summed E-state index contributed by atoms with van der Waals surface area (Å²) in [6.45, 7) is 0.674. The van der Waals surface area contributed by atoms with E-state index >= 15 is 0 Å². The van der Waals surface area contributed by atoms with Crippen LogP contribution in [0.25, 0.3) is 0 Å². The second kappa shape index (κ2) is 7.51. The van der Waals surface area contributed by atoms with Crippen LogP contribution in [0.15, 0.2) is 40.9 Å². The first-order valence-corrected chi connectivity index (χ1v) is 10.1. The van der Waals surface area contributed by atoms with Crippen LogP contribution in [0.1, 0.15) is 22.5 Å². The van der Waals surface area contributed by atoms with Gasteiger partial charge in [-0.15, -0.1) is 11.3 Å². The minimum atomic E-state index is -3.73. The van der Waals surface area contributed by atoms with Crippen molar-refractivity contribution in [3.63, 3.8) is 0 Å². The Morgan fingerprint density at radius 1 is 1.32 bits per heavy atom. The molecule has 134 valence electrons. The highest BCUT2D eigenvalue weighted by Gasteiger charge is 2.33. The maximum absolute atomic E-state index is 12.8. The lowest BCUT2D eigenvalue weighted by Gasteiger charge is -2.31. The smallest absolute Gasteiger partial charge is 0.349 e. The fourth-order valence-corrected chi connectivity index (χ4v) is 5.46. The average Bonchev–Trinajstić information content (AvgIpc) is 3.13. The number of pyridine rings is 1. The summed E-state index contributed by atoms with van der Waals surface area (Å²) >= 11 is 1.06. The predicted molar refractivity (Wildman–Crippen MR) is 92.3 cm³/mol. The molecule has 0 saturated carbocycles. The number of esters is 1. The Kier molecular flexibility index (Phi) is 5.36. The monoisotopic (exact) mass is 382 g/mol. The lowest BCUT2D eigenvalue weighted by Crippen LogP contribution is -2.42. The highest BCUT2D eigenvalue weighted by molar-refractivity contribution is 7.89. The zero-order valence-corrected chi connectivity index (χ0v) is 15.3. The van der Waals surface area contributed by atoms with Crippen LogP contribution in [0.5, 0.6) is 5.75 Å². The minimum Gasteiger partial charge on any atom is -0.489 e. The van der Waals surface area contributed by atoms with Crippen LogP contribution in [0.2, 0.25) is 0 Å². The molecule has 9 heteroatoms. The molecule has 0 unspecified atom stereocenters. The molecule has 0 amide bonds. The third-order valence-electron chi connectivity index (χ3n) is 3.96. The highest BCUT2D eigenvalue weighted by Crippen LogP contribution is 2.28. The van der Waals surface area contributed by atoms with E-state index in [9.17, 15) is 13.2 Å². The van der Waals surface area contributed by atoms with Gasteiger partial charge in [0.1, 0.15) is 21.6 Å². The second-order valence-electron chi connectivity index (χ2n) is 5.52. The van der Waals surface area contributed by atoms with Crippen LogP contribution in [0.3, 0.4) is 0 Å². The summed E-state index contributed by atoms with van der Waals surface area (Å²) in [4.78, 5) is 15.9. The first kappa shape index (κ1) is 17.8. The molecule has 0 bridgehead atoms. The third kappa shape index (κ3) is 3.83. The second-order valence-corrected chi connectivity index (χ2v) is 8.34. The van der Waals surface area contributed by atoms with Gasteiger partial charge in [0.25, 0.3) is 0 Å². The van der Waals surface area contributed by atoms with Gasteiger partial charge >= 0.3 is 5.97 Å². The number of rotatable bonds is 5. The molecule has 2 aromatic heterocycles. The van der Waals surface area contributed by atoms with Gasteiger partial charge in [-0.3, -0.25) is 4.98 Å². The van der Waals surface area contributed by atoms with Crippen molar-refractivity contribution in [2.75, 3.05) is 20.2 Å². The van der Waals surface area contributed by atoms with E-state index in [1.54, 1.807) is 23.8 Å². The van der Waals surface area contributed by atoms with Gasteiger partial charge in [0.2, 0.25) is 10.0 Å². The van der Waals surface area contributed by atoms with Crippen LogP contribution in [-0.2, 0) is 14.8 Å². The fourth-order valence-electron chi connectivity index (χ4n) is 2.68. The van der Waals surface area contributed by atoms with Crippen LogP contribution in [-0.4, -0.2) is 50.0 Å². The van der Waals surface area contributed by atoms with Crippen LogP contribution in [0.4, 0.5) is 0 Å². The number of methoxy groups -OCH3 is 1. The molecule has 0 aliphatic carbocycles. The topological polar surface area (TPSA) is 85.8 Å². The lowest BCUT2D eigenvalue weighted by molar-refractivity contribution is 0.0602. The van der Waals surface area contributed by atoms with Crippen molar-refractivity contribution in [1.29, 1.82) is 0 Å². The van der Waals surface area contributed by atoms with Crippen LogP contribution >= 0.6 is 11.3 Å². The van der Waals surface area contributed by atoms with Crippen LogP contribution in [0, 0.1) is 0 Å². The summed E-state index contributed by atoms with van der Waals surface area (Å²) in [7, 11) is -2.49. The van der Waals surface area contributed by atoms with Crippen LogP contribution < -0.4 is 4.74 Å². The van der Waals surface area contributed by atoms with Crippen molar-refractivity contribution >= 4 is 27.3 Å². The van der Waals surface area contributed by atoms with E-state index in [2.05, 4.69) is 9.72 Å². The van der Waals surface area contributed by atoms with E-state index in [1.807, 2.05) is 6.07 Å². The standard InChI is InChI=1S/C16H18N2O5S2/c1-22-16(19)15-14(6-10-24-15)25(20,21)18-8-4-12(5-9-18)23-13-3-2-7-17-11-13/h2-3,6-7,10-12H,4-5,8-9H2,1H3. The summed E-state index contributed by atoms with van der Waals surface area (Å²) in [5, 5.41) is 1.58. The first-order valence-electron chi connectivity index (χ1n) is 7.75. The van der Waals surface area contributed by atoms with E-state index in [-0.39, 0.29) is 15.9 Å². The molecule has 0 radical (unpaired) electrons. The van der Waals surface area contributed by atoms with Crippen molar-refractivity contribution in [3.8, 4) is 5.75 Å². The summed E-state index contributed by atoms with van der Waals surface area (Å²) in [6, 6.07) is 5.06. The number of nitrogens with zero attached hydrogens (tertiary/aromatic N) is 2. The summed E-state index contributed by atoms with van der Waals surface area (Å²) in [5.41, 5.74) is 0. The summed E-state index contributed by atoms with van der Waals surface area (Å²) in [5.74, 6) is 0.0398. The van der Waals surface area contributed by atoms with Crippen molar-refractivity contribution in [2.45, 2.75) is 23.8 Å². The molecule has 1 aliphatic rings. The number of carbonyl (C=O) groups excluding carboxylic acids is 1. The fraction of sp³-hybridized carbons (Fsp3) is 0.375. The Bertz CT molecular complexity index is 827. The Balaban J connectivity index is 1.68. The zero-order chi connectivity index (χ0) is 17.9. The van der Waals surface area contributed by atoms with Gasteiger partial charge in [0.15, 0.2) is 0 Å². The van der Waals surface area contributed by atoms with Gasteiger partial charge in [0.05, 0.1) is 13.3 Å². The van der Waals surface area contributed by atoms with Gasteiger partial charge in [-0.1, -0.05) is 0 Å². The van der Waals surface area contributed by atoms with E-state index in [0.29, 0.717) is 31.7 Å². The molecule has 0 atom stereocenters. The third-order valence-corrected chi connectivity index (χ3v) is 6.92. The number of aromatic nitrogens is 1. The maximum Gasteiger partial charge on any atom is 0.349 e. The Labute approximate surface area is 150 Å². The van der Waals surface area contributed by atoms with E-state index in [4.69, 9.17) is 4.74 Å². The van der Waals surface area contributed by atoms with Gasteiger partial charge in [-0.25, -0.2) is 13.2 Å². The number of piperidine rings is 1. The quantitative estimate of drug-likeness (QED) is 0.737. The number of hydrogen-bond donors (Lipinski definition) is 0. The van der Waals surface area contributed by atoms with Crippen molar-refractivity contribution < 1.29 is 22.7 Å². The van der Waals surface area contributed by atoms with Crippen molar-refractivity contribution in [1.82, 2.24) is 9.29 Å². The Morgan fingerprint density at radius 2 is 2.08 bits per heavy atom. The molecule has 0 spiro atoms. The molecule has 0 aromatic carbocycles. The van der Waals surface area contributed by atoms with E-state index in [1.165, 1.54) is 17.5 Å². The molecule has 1 saturated heterocycles. The Morgan fingerprint density at radius 3 is 2.72 bits per heavy atom. The summed E-state index contributed by atoms with van der Waals surface area (Å²) in [6.07, 6.45) is 4.40. The number of carbonyl (C=O) groups is 1. The normalized spacial score (nSPS) is 16.5. The number of sulfonamides is 1. The molecule has 2 aromatic rings. The molecule has 0 N–H and O–H groups in total. The molecule has 1 aliphatic heterocycles. The zero-order valence-electron chi connectivity index (χ0n) is 13.6. The van der Waals surface area contributed by atoms with Gasteiger partial charge in [0, 0.05) is 19.3 Å². The largest absolute Gasteiger partial charge is 0.489 e. The highest BCUT2D eigenvalue weighted by atomic mass is 32.2. The minimum absolute atomic E-state index is 0.0102. The average molecular weight is 382 g/mol. The summed E-state index contributed by atoms with van der Waals surface area (Å²) < 4.78 is 37.5. The molecule has 3 heterocycles. The molecular formula is C16H18N2O5S2. The van der Waals surface area contributed by atoms with Crippen molar-refractivity contribution in [2.24, 2.45) is 0 Å². The van der Waals surface area contributed by atoms with E-state index in [0.717, 1.165) is 11.3 Å². The van der Waals surface area contributed by atoms with Gasteiger partial charge in [-0.05, 0) is 36.4 Å². The predicted octanol–water partition coefficient (Wildman–Crippen LogP) is 2.16. The Hall–Kier alpha value is -1.97. The SMILES string of the molecule is COC(=O)c1sccc1S(=O)(=O)N1CCC(Oc2cccnc2)CC1. The van der Waals surface area contributed by atoms with Gasteiger partial charge in [-0.2, -0.15) is 4.31 Å². The molecular weight excluding hydrogens is 364 g/mol. The molecule has 25 heavy (non-hydrogen) atoms. The molecule has 7 nitrogen and oxygen atoms in total. The number of thiophene rings is 1. The van der Waals surface area contributed by atoms with Crippen molar-refractivity contribution in [3.05, 3.63) is 40.8 Å². The first-order chi connectivity index (χ1) is 12.0. The van der Waals surface area contributed by atoms with Gasteiger partial charge < -0.3 is 9.47 Å². The number of ether oxygens (including phenoxy) is 2. The van der Waals surface area contributed by atoms with E-state index < -0.39 is 16.0 Å². The molecule has 3 rings (SSSR count). The maximum atomic E-state index is 12.8. The molecule has 1 fully saturated rings.